The second-order valence-electron chi connectivity index (χ2n) is 9.24. The van der Waals surface area contributed by atoms with E-state index in [2.05, 4.69) is 17.9 Å². The van der Waals surface area contributed by atoms with Crippen LogP contribution in [0.3, 0.4) is 0 Å². The molecule has 270 valence electrons. The molecular weight excluding hydrogens is 661 g/mol. The van der Waals surface area contributed by atoms with E-state index in [1.54, 1.807) is 67.6 Å². The van der Waals surface area contributed by atoms with Crippen molar-refractivity contribution in [1.82, 2.24) is 0 Å². The van der Waals surface area contributed by atoms with E-state index in [4.69, 9.17) is 42.3 Å². The smallest absolute Gasteiger partial charge is 0.492 e. The van der Waals surface area contributed by atoms with Gasteiger partial charge in [-0.2, -0.15) is 8.42 Å². The molecule has 0 aliphatic carbocycles. The molecule has 0 aliphatic heterocycles. The highest BCUT2D eigenvalue weighted by Gasteiger charge is 2.22. The van der Waals surface area contributed by atoms with E-state index in [0.717, 1.165) is 12.0 Å². The van der Waals surface area contributed by atoms with Crippen LogP contribution < -0.4 is 20.7 Å². The van der Waals surface area contributed by atoms with Gasteiger partial charge in [0.15, 0.2) is 0 Å². The molecule has 9 nitrogen and oxygen atoms in total. The molecule has 3 aromatic rings. The highest BCUT2D eigenvalue weighted by Crippen LogP contribution is 2.26. The van der Waals surface area contributed by atoms with Gasteiger partial charge in [0.05, 0.1) is 29.4 Å². The maximum Gasteiger partial charge on any atom is 0.492 e. The summed E-state index contributed by atoms with van der Waals surface area (Å²) in [7, 11) is -5.52. The van der Waals surface area contributed by atoms with Gasteiger partial charge in [-0.15, -0.1) is 11.0 Å². The van der Waals surface area contributed by atoms with Gasteiger partial charge in [0.2, 0.25) is 0 Å². The Morgan fingerprint density at radius 3 is 1.84 bits per heavy atom. The number of amidine groups is 1. The van der Waals surface area contributed by atoms with E-state index in [1.165, 1.54) is 12.1 Å². The average Bonchev–Trinajstić information content (AvgIpc) is 3.11. The summed E-state index contributed by atoms with van der Waals surface area (Å²) in [5.41, 5.74) is 7.84. The molecule has 12 heteroatoms. The molecule has 0 aromatic heterocycles. The first kappa shape index (κ1) is 47.2. The number of benzene rings is 3. The Hall–Kier alpha value is -3.90. The number of sulfonamides is 1. The zero-order valence-electron chi connectivity index (χ0n) is 30.5. The second kappa shape index (κ2) is 27.0. The third-order valence-electron chi connectivity index (χ3n) is 5.87. The van der Waals surface area contributed by atoms with Gasteiger partial charge in [0.25, 0.3) is 10.0 Å². The Labute approximate surface area is 300 Å². The van der Waals surface area contributed by atoms with Crippen molar-refractivity contribution in [2.24, 2.45) is 10.1 Å². The summed E-state index contributed by atoms with van der Waals surface area (Å²) >= 11 is 6.34. The number of nitrogens with zero attached hydrogens (tertiary/aromatic N) is 1. The summed E-state index contributed by atoms with van der Waals surface area (Å²) in [6.07, 6.45) is 3.32. The molecule has 0 heterocycles. The molecule has 0 amide bonds. The maximum absolute atomic E-state index is 12.7. The van der Waals surface area contributed by atoms with Crippen LogP contribution in [-0.2, 0) is 10.0 Å². The van der Waals surface area contributed by atoms with Gasteiger partial charge < -0.3 is 25.3 Å². The van der Waals surface area contributed by atoms with Crippen molar-refractivity contribution in [3.63, 3.8) is 0 Å². The summed E-state index contributed by atoms with van der Waals surface area (Å²) in [5, 5.41) is 26.7. The first-order valence-electron chi connectivity index (χ1n) is 16.4. The van der Waals surface area contributed by atoms with Crippen LogP contribution >= 0.6 is 11.6 Å². The molecule has 0 unspecified atom stereocenters. The largest absolute Gasteiger partial charge is 0.494 e. The van der Waals surface area contributed by atoms with E-state index in [0.29, 0.717) is 42.2 Å². The zero-order valence-corrected chi connectivity index (χ0v) is 32.0. The lowest BCUT2D eigenvalue weighted by atomic mass is 9.80. The van der Waals surface area contributed by atoms with Crippen LogP contribution in [0.25, 0.3) is 0 Å². The van der Waals surface area contributed by atoms with Gasteiger partial charge in [-0.1, -0.05) is 107 Å². The standard InChI is InChI=1S/C21H24ClN3O3S.C8H11BO3.C4H8.2C2H6/c1-4-17(22)19(20(23)16-8-6-7-9-18(16)28-5-2)21(24)25-29(26,27)15-12-10-14(3)11-13-15;1-2-12-8-6-4-3-5-7(8)9(10)11;1-3-4-2;2*1-2/h6-13,23H,4-5H2,1-3H3,(H2,24,25);3-6,10-11H,2H2,1H3;3H,1,4H2,2H3;2*1-2H3/b19-17+,23-20?;;;;. The summed E-state index contributed by atoms with van der Waals surface area (Å²) in [6.45, 7) is 21.8. The van der Waals surface area contributed by atoms with E-state index in [-0.39, 0.29) is 27.0 Å². The average molecular weight is 716 g/mol. The van der Waals surface area contributed by atoms with Crippen LogP contribution in [0.5, 0.6) is 11.5 Å². The molecule has 0 saturated carbocycles. The number of para-hydroxylation sites is 2. The van der Waals surface area contributed by atoms with Gasteiger partial charge in [0.1, 0.15) is 17.3 Å². The van der Waals surface area contributed by atoms with Gasteiger partial charge in [0, 0.05) is 16.1 Å². The Kier molecular flexibility index (Phi) is 26.0. The summed E-state index contributed by atoms with van der Waals surface area (Å²) in [5.74, 6) is 0.663. The molecule has 0 spiro atoms. The number of hydrogen-bond acceptors (Lipinski definition) is 7. The van der Waals surface area contributed by atoms with Crippen molar-refractivity contribution in [1.29, 1.82) is 5.41 Å². The third-order valence-corrected chi connectivity index (χ3v) is 7.63. The lowest BCUT2D eigenvalue weighted by Crippen LogP contribution is -2.31. The molecule has 5 N–H and O–H groups in total. The number of allylic oxidation sites excluding steroid dienone is 2. The van der Waals surface area contributed by atoms with Crippen LogP contribution in [0.4, 0.5) is 0 Å². The van der Waals surface area contributed by atoms with E-state index >= 15 is 0 Å². The van der Waals surface area contributed by atoms with Crippen LogP contribution in [-0.4, -0.2) is 50.3 Å². The maximum atomic E-state index is 12.7. The molecule has 0 aliphatic rings. The van der Waals surface area contributed by atoms with Gasteiger partial charge in [-0.3, -0.25) is 5.41 Å². The molecule has 0 bridgehead atoms. The SMILES string of the molecule is C=CCC.CC.CC.CCOc1ccccc1B(O)O.CCOc1ccccc1C(=N)C(/C(N)=N/S(=O)(=O)c1ccc(C)cc1)=C(\Cl)CC. The van der Waals surface area contributed by atoms with Crippen molar-refractivity contribution in [2.45, 2.75) is 80.1 Å². The monoisotopic (exact) mass is 715 g/mol. The van der Waals surface area contributed by atoms with Crippen LogP contribution in [0.1, 0.15) is 79.4 Å². The molecule has 3 rings (SSSR count). The summed E-state index contributed by atoms with van der Waals surface area (Å²) in [4.78, 5) is 0.0132. The molecule has 0 fully saturated rings. The minimum absolute atomic E-state index is 0.0132. The van der Waals surface area contributed by atoms with Gasteiger partial charge >= 0.3 is 7.12 Å². The highest BCUT2D eigenvalue weighted by molar-refractivity contribution is 7.90. The Bertz CT molecular complexity index is 1560. The molecule has 49 heavy (non-hydrogen) atoms. The molecule has 0 saturated heterocycles. The number of rotatable bonds is 12. The minimum atomic E-state index is -4.06. The first-order valence-corrected chi connectivity index (χ1v) is 18.3. The molecule has 0 radical (unpaired) electrons. The fourth-order valence-corrected chi connectivity index (χ4v) is 4.71. The number of ether oxygens (including phenoxy) is 2. The lowest BCUT2D eigenvalue weighted by molar-refractivity contribution is 0.339. The number of aryl methyl sites for hydroxylation is 1. The highest BCUT2D eigenvalue weighted by atomic mass is 35.5. The van der Waals surface area contributed by atoms with Crippen molar-refractivity contribution in [2.75, 3.05) is 13.2 Å². The van der Waals surface area contributed by atoms with E-state index in [9.17, 15) is 8.42 Å². The summed E-state index contributed by atoms with van der Waals surface area (Å²) < 4.78 is 39.8. The normalized spacial score (nSPS) is 10.8. The quantitative estimate of drug-likeness (QED) is 0.0645. The second-order valence-corrected chi connectivity index (χ2v) is 11.3. The van der Waals surface area contributed by atoms with Gasteiger partial charge in [-0.25, -0.2) is 0 Å². The first-order chi connectivity index (χ1) is 23.4. The Morgan fingerprint density at radius 2 is 1.37 bits per heavy atom. The molecule has 0 atom stereocenters. The minimum Gasteiger partial charge on any atom is -0.494 e. The van der Waals surface area contributed by atoms with Crippen molar-refractivity contribution >= 4 is 45.8 Å². The molecular formula is C37H55BClN3O6S. The van der Waals surface area contributed by atoms with Crippen LogP contribution in [0.2, 0.25) is 0 Å². The lowest BCUT2D eigenvalue weighted by Gasteiger charge is -2.15. The van der Waals surface area contributed by atoms with Crippen LogP contribution in [0, 0.1) is 12.3 Å². The number of hydrogen-bond donors (Lipinski definition) is 4. The third kappa shape index (κ3) is 16.9. The summed E-state index contributed by atoms with van der Waals surface area (Å²) in [6, 6.07) is 20.1. The van der Waals surface area contributed by atoms with Crippen LogP contribution in [0.15, 0.2) is 105 Å². The van der Waals surface area contributed by atoms with Crippen molar-refractivity contribution in [3.05, 3.63) is 107 Å². The number of halogens is 1. The fraction of sp³-hybridized carbons (Fsp3) is 0.351. The Balaban J connectivity index is 0. The van der Waals surface area contributed by atoms with E-state index in [1.807, 2.05) is 54.5 Å². The zero-order chi connectivity index (χ0) is 38.0. The fourth-order valence-electron chi connectivity index (χ4n) is 3.59. The number of nitrogens with one attached hydrogen (secondary N) is 1. The topological polar surface area (TPSA) is 155 Å². The molecule has 3 aromatic carbocycles. The van der Waals surface area contributed by atoms with E-state index < -0.39 is 17.1 Å². The predicted octanol–water partition coefficient (Wildman–Crippen LogP) is 7.81. The van der Waals surface area contributed by atoms with Gasteiger partial charge in [-0.05, 0) is 63.9 Å². The van der Waals surface area contributed by atoms with Crippen molar-refractivity contribution < 1.29 is 27.9 Å². The predicted molar refractivity (Wildman–Crippen MR) is 208 cm³/mol. The Morgan fingerprint density at radius 1 is 0.898 bits per heavy atom. The van der Waals surface area contributed by atoms with Crippen molar-refractivity contribution in [3.8, 4) is 11.5 Å². The number of nitrogens with two attached hydrogens (primary N) is 1.